The summed E-state index contributed by atoms with van der Waals surface area (Å²) in [6, 6.07) is 0. The van der Waals surface area contributed by atoms with E-state index in [1.807, 2.05) is 6.88 Å². The number of hydrogen-bond acceptors (Lipinski definition) is 0. The fourth-order valence-electron chi connectivity index (χ4n) is 5.59. The molecule has 0 heterocycles. The zero-order chi connectivity index (χ0) is 19.2. The molecule has 0 aromatic rings. The molecule has 178 valence electrons. The van der Waals surface area contributed by atoms with E-state index in [1.165, 1.54) is 64.2 Å². The molecule has 0 aromatic carbocycles. The first-order valence-electron chi connectivity index (χ1n) is 10.8. The number of hydrogen-bond donors (Lipinski definition) is 0. The van der Waals surface area contributed by atoms with E-state index in [2.05, 4.69) is 52.7 Å². The van der Waals surface area contributed by atoms with Crippen molar-refractivity contribution < 1.29 is 23.3 Å². The van der Waals surface area contributed by atoms with Gasteiger partial charge in [-0.2, -0.15) is 0 Å². The van der Waals surface area contributed by atoms with Crippen molar-refractivity contribution in [1.29, 1.82) is 0 Å². The molecule has 4 heteroatoms. The molecule has 30 heavy (non-hydrogen) atoms. The third kappa shape index (κ3) is 9.41. The first-order chi connectivity index (χ1) is 12.4. The molecule has 0 radical (unpaired) electrons. The average Bonchev–Trinajstić information content (AvgIpc) is 3.23. The predicted octanol–water partition coefficient (Wildman–Crippen LogP) is 8.30. The summed E-state index contributed by atoms with van der Waals surface area (Å²) in [4.78, 5) is 0. The van der Waals surface area contributed by atoms with Gasteiger partial charge in [0, 0.05) is 0 Å². The van der Waals surface area contributed by atoms with Crippen molar-refractivity contribution in [1.82, 2.24) is 0 Å². The second-order valence-electron chi connectivity index (χ2n) is 9.84. The van der Waals surface area contributed by atoms with Crippen molar-refractivity contribution in [2.75, 3.05) is 0 Å². The van der Waals surface area contributed by atoms with Crippen molar-refractivity contribution in [3.63, 3.8) is 0 Å². The fourth-order valence-corrected chi connectivity index (χ4v) is 5.59. The van der Waals surface area contributed by atoms with Crippen LogP contribution >= 0.6 is 24.8 Å². The molecule has 2 unspecified atom stereocenters. The maximum atomic E-state index is 2.48. The van der Waals surface area contributed by atoms with Gasteiger partial charge >= 0.3 is 30.2 Å². The van der Waals surface area contributed by atoms with Crippen LogP contribution < -0.4 is 0 Å². The van der Waals surface area contributed by atoms with Gasteiger partial charge in [-0.3, -0.25) is 0 Å². The van der Waals surface area contributed by atoms with Gasteiger partial charge in [-0.15, -0.1) is 50.5 Å². The molecule has 4 aliphatic carbocycles. The Morgan fingerprint density at radius 1 is 0.767 bits per heavy atom. The Hall–Kier alpha value is 0.900. The van der Waals surface area contributed by atoms with Gasteiger partial charge < -0.3 is 14.9 Å². The summed E-state index contributed by atoms with van der Waals surface area (Å²) in [6.07, 6.45) is 23.5. The third-order valence-electron chi connectivity index (χ3n) is 7.17. The molecule has 2 fully saturated rings. The van der Waals surface area contributed by atoms with E-state index in [0.29, 0.717) is 10.8 Å². The van der Waals surface area contributed by atoms with Crippen LogP contribution in [0.2, 0.25) is 0 Å². The Kier molecular flexibility index (Phi) is 19.5. The summed E-state index contributed by atoms with van der Waals surface area (Å²) in [7, 11) is 0. The van der Waals surface area contributed by atoms with Crippen LogP contribution in [0.25, 0.3) is 0 Å². The van der Waals surface area contributed by atoms with Crippen LogP contribution in [-0.4, -0.2) is 6.88 Å². The number of allylic oxidation sites excluding steroid dienone is 4. The second-order valence-corrected chi connectivity index (χ2v) is 9.84. The maximum absolute atomic E-state index is 2.48. The Morgan fingerprint density at radius 2 is 1.10 bits per heavy atom. The van der Waals surface area contributed by atoms with Gasteiger partial charge in [-0.25, -0.2) is 36.1 Å². The molecule has 0 bridgehead atoms. The quantitative estimate of drug-likeness (QED) is 0.210. The Bertz CT molecular complexity index is 479. The first-order valence-corrected chi connectivity index (χ1v) is 16.7. The summed E-state index contributed by atoms with van der Waals surface area (Å²) < 4.78 is 0. The van der Waals surface area contributed by atoms with Crippen molar-refractivity contribution in [2.24, 2.45) is 22.7 Å². The van der Waals surface area contributed by atoms with Gasteiger partial charge in [0.2, 0.25) is 0 Å². The monoisotopic (exact) mass is 548 g/mol. The standard InChI is InChI=1S/2C12H19.2CH3.2ClH.H2Si.Zr/c2*1-12(2)9-4-3-6-10-7-5-8-11(10)12;;;;;;/h2*6-7,11H,3-5,8-9H2,1-2H3;2*1H3;2*1H;1H2;/q4*-1;;;;. The van der Waals surface area contributed by atoms with Crippen LogP contribution in [-0.2, 0) is 23.3 Å². The zero-order valence-electron chi connectivity index (χ0n) is 20.6. The van der Waals surface area contributed by atoms with Gasteiger partial charge in [0.25, 0.3) is 0 Å². The number of rotatable bonds is 0. The molecule has 2 atom stereocenters. The van der Waals surface area contributed by atoms with E-state index in [0.717, 1.165) is 11.8 Å². The summed E-state index contributed by atoms with van der Waals surface area (Å²) in [5.74, 6) is 1.75. The normalized spacial score (nSPS) is 26.6. The Balaban J connectivity index is -0.000000400. The first kappa shape index (κ1) is 35.5. The summed E-state index contributed by atoms with van der Waals surface area (Å²) in [6.45, 7) is 11.7. The fraction of sp³-hybridized carbons (Fsp3) is 0.692. The van der Waals surface area contributed by atoms with E-state index < -0.39 is 0 Å². The van der Waals surface area contributed by atoms with Crippen LogP contribution in [0.5, 0.6) is 0 Å². The SMILES string of the molecule is CC1(C)CCCC=C2[CH-]CCC21.CC1(C)CCCC=C2[CH-]CCC21.Cl.Cl.[CH3-].[CH3-].[SiH2]=[Zr]. The summed E-state index contributed by atoms with van der Waals surface area (Å²) >= 11 is 1.58. The Morgan fingerprint density at radius 3 is 1.43 bits per heavy atom. The number of fused-ring (bicyclic) bond motifs is 2. The molecule has 4 rings (SSSR count). The van der Waals surface area contributed by atoms with Crippen molar-refractivity contribution in [3.8, 4) is 0 Å². The number of halogens is 2. The van der Waals surface area contributed by atoms with E-state index in [4.69, 9.17) is 0 Å². The molecule has 4 aliphatic rings. The van der Waals surface area contributed by atoms with Crippen molar-refractivity contribution >= 4 is 31.7 Å². The van der Waals surface area contributed by atoms with E-state index in [9.17, 15) is 0 Å². The molecule has 0 nitrogen and oxygen atoms in total. The van der Waals surface area contributed by atoms with Crippen LogP contribution in [0.3, 0.4) is 0 Å². The van der Waals surface area contributed by atoms with Gasteiger partial charge in [-0.05, 0) is 35.5 Å². The molecule has 0 aromatic heterocycles. The predicted molar refractivity (Wildman–Crippen MR) is 141 cm³/mol. The summed E-state index contributed by atoms with van der Waals surface area (Å²) in [5, 5.41) is 0. The molecule has 0 amide bonds. The van der Waals surface area contributed by atoms with Crippen LogP contribution in [0, 0.1) is 50.4 Å². The third-order valence-corrected chi connectivity index (χ3v) is 7.17. The van der Waals surface area contributed by atoms with E-state index in [1.54, 1.807) is 34.5 Å². The van der Waals surface area contributed by atoms with Crippen LogP contribution in [0.4, 0.5) is 0 Å². The second kappa shape index (κ2) is 16.5. The van der Waals surface area contributed by atoms with Gasteiger partial charge in [-0.1, -0.05) is 53.4 Å². The molecular weight excluding hydrogens is 503 g/mol. The van der Waals surface area contributed by atoms with Gasteiger partial charge in [0.1, 0.15) is 0 Å². The van der Waals surface area contributed by atoms with E-state index >= 15 is 0 Å². The molecule has 0 aliphatic heterocycles. The minimum atomic E-state index is 0. The van der Waals surface area contributed by atoms with E-state index in [-0.39, 0.29) is 39.7 Å². The summed E-state index contributed by atoms with van der Waals surface area (Å²) in [5.41, 5.74) is 4.46. The Labute approximate surface area is 219 Å². The zero-order valence-corrected chi connectivity index (χ0v) is 26.1. The van der Waals surface area contributed by atoms with Gasteiger partial charge in [0.15, 0.2) is 0 Å². The average molecular weight is 551 g/mol. The van der Waals surface area contributed by atoms with Crippen LogP contribution in [0.1, 0.15) is 91.9 Å². The minimum absolute atomic E-state index is 0. The molecule has 0 spiro atoms. The van der Waals surface area contributed by atoms with Crippen molar-refractivity contribution in [2.45, 2.75) is 91.9 Å². The molecule has 0 N–H and O–H groups in total. The molecule has 0 saturated heterocycles. The molecular formula is C26H48Cl2SiZr-4. The van der Waals surface area contributed by atoms with Gasteiger partial charge in [0.05, 0.1) is 0 Å². The van der Waals surface area contributed by atoms with Crippen LogP contribution in [0.15, 0.2) is 23.3 Å². The topological polar surface area (TPSA) is 0 Å². The molecule has 2 saturated carbocycles. The van der Waals surface area contributed by atoms with Crippen molar-refractivity contribution in [3.05, 3.63) is 51.0 Å².